The number of fused-ring (bicyclic) bond motifs is 1. The van der Waals surface area contributed by atoms with Crippen molar-refractivity contribution >= 4 is 5.97 Å². The number of hydrogen-bond donors (Lipinski definition) is 1. The first-order valence-electron chi connectivity index (χ1n) is 7.87. The summed E-state index contributed by atoms with van der Waals surface area (Å²) in [7, 11) is 1.42. The molecule has 0 saturated heterocycles. The van der Waals surface area contributed by atoms with Crippen LogP contribution in [0.3, 0.4) is 0 Å². The number of esters is 1. The zero-order valence-electron chi connectivity index (χ0n) is 12.8. The molecule has 1 saturated carbocycles. The SMILES string of the molecule is COC(=O)c1nc(C2CCCC(C)C2)nc2c1CCNC2. The van der Waals surface area contributed by atoms with Gasteiger partial charge in [-0.2, -0.15) is 0 Å². The number of ether oxygens (including phenoxy) is 1. The second-order valence-electron chi connectivity index (χ2n) is 6.24. The Balaban J connectivity index is 1.99. The fraction of sp³-hybridized carbons (Fsp3) is 0.688. The van der Waals surface area contributed by atoms with Crippen LogP contribution in [0.2, 0.25) is 0 Å². The predicted octanol–water partition coefficient (Wildman–Crippen LogP) is 2.20. The van der Waals surface area contributed by atoms with Gasteiger partial charge >= 0.3 is 5.97 Å². The molecule has 1 N–H and O–H groups in total. The maximum Gasteiger partial charge on any atom is 0.357 e. The summed E-state index contributed by atoms with van der Waals surface area (Å²) in [5.74, 6) is 1.59. The molecule has 0 spiro atoms. The van der Waals surface area contributed by atoms with Crippen LogP contribution in [-0.2, 0) is 17.7 Å². The van der Waals surface area contributed by atoms with Gasteiger partial charge in [0.25, 0.3) is 0 Å². The average molecular weight is 289 g/mol. The third kappa shape index (κ3) is 2.93. The van der Waals surface area contributed by atoms with Crippen LogP contribution in [0, 0.1) is 5.92 Å². The van der Waals surface area contributed by atoms with Gasteiger partial charge in [-0.25, -0.2) is 14.8 Å². The summed E-state index contributed by atoms with van der Waals surface area (Å²) >= 11 is 0. The van der Waals surface area contributed by atoms with Gasteiger partial charge in [-0.05, 0) is 31.7 Å². The van der Waals surface area contributed by atoms with Gasteiger partial charge in [0.2, 0.25) is 0 Å². The lowest BCUT2D eigenvalue weighted by molar-refractivity contribution is 0.0591. The molecule has 2 aliphatic rings. The van der Waals surface area contributed by atoms with Gasteiger partial charge in [0.15, 0.2) is 5.69 Å². The Labute approximate surface area is 125 Å². The summed E-state index contributed by atoms with van der Waals surface area (Å²) in [6.07, 6.45) is 5.54. The zero-order chi connectivity index (χ0) is 14.8. The first-order chi connectivity index (χ1) is 10.2. The molecule has 5 nitrogen and oxygen atoms in total. The highest BCUT2D eigenvalue weighted by Crippen LogP contribution is 2.35. The summed E-state index contributed by atoms with van der Waals surface area (Å²) < 4.78 is 4.92. The lowest BCUT2D eigenvalue weighted by Gasteiger charge is -2.27. The first kappa shape index (κ1) is 14.4. The Morgan fingerprint density at radius 3 is 2.95 bits per heavy atom. The molecule has 114 valence electrons. The van der Waals surface area contributed by atoms with E-state index in [4.69, 9.17) is 9.72 Å². The monoisotopic (exact) mass is 289 g/mol. The van der Waals surface area contributed by atoms with Gasteiger partial charge in [-0.15, -0.1) is 0 Å². The molecule has 21 heavy (non-hydrogen) atoms. The molecule has 1 aliphatic heterocycles. The van der Waals surface area contributed by atoms with Crippen molar-refractivity contribution in [3.63, 3.8) is 0 Å². The minimum absolute atomic E-state index is 0.333. The molecular formula is C16H23N3O2. The van der Waals surface area contributed by atoms with E-state index in [1.54, 1.807) is 0 Å². The molecule has 2 atom stereocenters. The minimum atomic E-state index is -0.333. The molecule has 1 fully saturated rings. The van der Waals surface area contributed by atoms with Crippen molar-refractivity contribution in [3.8, 4) is 0 Å². The van der Waals surface area contributed by atoms with Crippen molar-refractivity contribution < 1.29 is 9.53 Å². The van der Waals surface area contributed by atoms with E-state index in [9.17, 15) is 4.79 Å². The first-order valence-corrected chi connectivity index (χ1v) is 7.87. The number of rotatable bonds is 2. The van der Waals surface area contributed by atoms with Crippen LogP contribution >= 0.6 is 0 Å². The topological polar surface area (TPSA) is 64.1 Å². The number of nitrogens with zero attached hydrogens (tertiary/aromatic N) is 2. The number of methoxy groups -OCH3 is 1. The number of carbonyl (C=O) groups is 1. The Hall–Kier alpha value is -1.49. The van der Waals surface area contributed by atoms with Crippen molar-refractivity contribution in [1.82, 2.24) is 15.3 Å². The molecule has 0 radical (unpaired) electrons. The van der Waals surface area contributed by atoms with E-state index in [1.807, 2.05) is 0 Å². The van der Waals surface area contributed by atoms with Crippen molar-refractivity contribution in [3.05, 3.63) is 22.8 Å². The van der Waals surface area contributed by atoms with Gasteiger partial charge in [0, 0.05) is 18.0 Å². The summed E-state index contributed by atoms with van der Waals surface area (Å²) in [6, 6.07) is 0. The van der Waals surface area contributed by atoms with Crippen LogP contribution in [-0.4, -0.2) is 29.6 Å². The van der Waals surface area contributed by atoms with Crippen LogP contribution in [0.1, 0.15) is 66.1 Å². The summed E-state index contributed by atoms with van der Waals surface area (Å²) in [5.41, 5.74) is 2.43. The van der Waals surface area contributed by atoms with Gasteiger partial charge < -0.3 is 10.1 Å². The van der Waals surface area contributed by atoms with Gasteiger partial charge in [0.1, 0.15) is 5.82 Å². The van der Waals surface area contributed by atoms with E-state index in [-0.39, 0.29) is 5.97 Å². The fourth-order valence-corrected chi connectivity index (χ4v) is 3.50. The molecule has 0 aromatic carbocycles. The standard InChI is InChI=1S/C16H23N3O2/c1-10-4-3-5-11(8-10)15-18-13-9-17-7-6-12(13)14(19-15)16(20)21-2/h10-11,17H,3-9H2,1-2H3. The fourth-order valence-electron chi connectivity index (χ4n) is 3.50. The van der Waals surface area contributed by atoms with E-state index in [0.717, 1.165) is 49.4 Å². The number of carbonyl (C=O) groups excluding carboxylic acids is 1. The number of nitrogens with one attached hydrogen (secondary N) is 1. The molecule has 0 bridgehead atoms. The largest absolute Gasteiger partial charge is 0.464 e. The number of hydrogen-bond acceptors (Lipinski definition) is 5. The molecule has 3 rings (SSSR count). The van der Waals surface area contributed by atoms with Gasteiger partial charge in [-0.3, -0.25) is 0 Å². The highest BCUT2D eigenvalue weighted by Gasteiger charge is 2.27. The van der Waals surface area contributed by atoms with E-state index < -0.39 is 0 Å². The predicted molar refractivity (Wildman–Crippen MR) is 79.2 cm³/mol. The van der Waals surface area contributed by atoms with Crippen molar-refractivity contribution in [2.45, 2.75) is 51.5 Å². The van der Waals surface area contributed by atoms with Gasteiger partial charge in [0.05, 0.1) is 12.8 Å². The maximum atomic E-state index is 12.1. The van der Waals surface area contributed by atoms with Crippen LogP contribution in [0.4, 0.5) is 0 Å². The second kappa shape index (κ2) is 6.10. The second-order valence-corrected chi connectivity index (χ2v) is 6.24. The lowest BCUT2D eigenvalue weighted by atomic mass is 9.82. The summed E-state index contributed by atoms with van der Waals surface area (Å²) in [4.78, 5) is 21.4. The zero-order valence-corrected chi connectivity index (χ0v) is 12.8. The van der Waals surface area contributed by atoms with Crippen molar-refractivity contribution in [1.29, 1.82) is 0 Å². The highest BCUT2D eigenvalue weighted by atomic mass is 16.5. The van der Waals surface area contributed by atoms with Crippen LogP contribution < -0.4 is 5.32 Å². The Kier molecular flexibility index (Phi) is 4.19. The van der Waals surface area contributed by atoms with Crippen LogP contribution in [0.5, 0.6) is 0 Å². The minimum Gasteiger partial charge on any atom is -0.464 e. The van der Waals surface area contributed by atoms with Gasteiger partial charge in [-0.1, -0.05) is 19.8 Å². The third-order valence-corrected chi connectivity index (χ3v) is 4.63. The van der Waals surface area contributed by atoms with Crippen LogP contribution in [0.15, 0.2) is 0 Å². The van der Waals surface area contributed by atoms with E-state index in [1.165, 1.54) is 20.0 Å². The molecule has 1 aliphatic carbocycles. The maximum absolute atomic E-state index is 12.1. The smallest absolute Gasteiger partial charge is 0.357 e. The van der Waals surface area contributed by atoms with Crippen LogP contribution in [0.25, 0.3) is 0 Å². The lowest BCUT2D eigenvalue weighted by Crippen LogP contribution is -2.29. The normalized spacial score (nSPS) is 25.2. The molecule has 2 heterocycles. The summed E-state index contributed by atoms with van der Waals surface area (Å²) in [5, 5.41) is 3.32. The quantitative estimate of drug-likeness (QED) is 0.846. The summed E-state index contributed by atoms with van der Waals surface area (Å²) in [6.45, 7) is 3.87. The Morgan fingerprint density at radius 1 is 1.33 bits per heavy atom. The average Bonchev–Trinajstić information content (AvgIpc) is 2.53. The molecule has 1 aromatic rings. The van der Waals surface area contributed by atoms with E-state index >= 15 is 0 Å². The Morgan fingerprint density at radius 2 is 2.19 bits per heavy atom. The highest BCUT2D eigenvalue weighted by molar-refractivity contribution is 5.89. The molecule has 5 heteroatoms. The molecule has 0 amide bonds. The van der Waals surface area contributed by atoms with Crippen molar-refractivity contribution in [2.24, 2.45) is 5.92 Å². The Bertz CT molecular complexity index is 545. The van der Waals surface area contributed by atoms with E-state index in [2.05, 4.69) is 17.2 Å². The third-order valence-electron chi connectivity index (χ3n) is 4.63. The molecular weight excluding hydrogens is 266 g/mol. The van der Waals surface area contributed by atoms with Crippen molar-refractivity contribution in [2.75, 3.05) is 13.7 Å². The molecule has 1 aromatic heterocycles. The number of aromatic nitrogens is 2. The van der Waals surface area contributed by atoms with E-state index in [0.29, 0.717) is 17.5 Å². The molecule has 2 unspecified atom stereocenters.